The fourth-order valence-corrected chi connectivity index (χ4v) is 3.18. The van der Waals surface area contributed by atoms with Crippen molar-refractivity contribution in [1.29, 1.82) is 0 Å². The molecule has 4 rings (SSSR count). The molecule has 0 saturated heterocycles. The molecular formula is C23H17N3O4. The molecule has 1 aliphatic rings. The molecule has 0 unspecified atom stereocenters. The van der Waals surface area contributed by atoms with Crippen LogP contribution >= 0.6 is 0 Å². The largest absolute Gasteiger partial charge is 0.508 e. The van der Waals surface area contributed by atoms with Crippen LogP contribution in [0.3, 0.4) is 0 Å². The Labute approximate surface area is 171 Å². The van der Waals surface area contributed by atoms with E-state index >= 15 is 0 Å². The first-order valence-electron chi connectivity index (χ1n) is 9.08. The van der Waals surface area contributed by atoms with E-state index in [9.17, 15) is 19.5 Å². The number of phenolic OH excluding ortho intramolecular Hbond substituents is 1. The van der Waals surface area contributed by atoms with Gasteiger partial charge in [-0.25, -0.2) is 0 Å². The van der Waals surface area contributed by atoms with Gasteiger partial charge in [0, 0.05) is 45.9 Å². The molecule has 0 aliphatic carbocycles. The third kappa shape index (κ3) is 3.64. The van der Waals surface area contributed by atoms with E-state index in [1.807, 2.05) is 0 Å². The summed E-state index contributed by atoms with van der Waals surface area (Å²) in [5, 5.41) is 15.3. The number of nitrogens with one attached hydrogen (secondary N) is 2. The second kappa shape index (κ2) is 7.56. The number of hydrogen-bond acceptors (Lipinski definition) is 5. The third-order valence-electron chi connectivity index (χ3n) is 4.73. The quantitative estimate of drug-likeness (QED) is 0.388. The Morgan fingerprint density at radius 3 is 2.33 bits per heavy atom. The SMILES string of the molecule is NC(=O)c1ccc(C(=O)c2ccc3c(c2)NC(=O)C3=CNc2cccc(O)c2)cc1. The molecule has 3 aromatic carbocycles. The summed E-state index contributed by atoms with van der Waals surface area (Å²) in [5.74, 6) is -0.985. The summed E-state index contributed by atoms with van der Waals surface area (Å²) in [5.41, 5.74) is 8.60. The van der Waals surface area contributed by atoms with Crippen molar-refractivity contribution in [2.75, 3.05) is 10.6 Å². The maximum absolute atomic E-state index is 12.8. The van der Waals surface area contributed by atoms with E-state index < -0.39 is 5.91 Å². The van der Waals surface area contributed by atoms with Crippen molar-refractivity contribution in [2.24, 2.45) is 5.73 Å². The number of nitrogens with two attached hydrogens (primary N) is 1. The number of benzene rings is 3. The number of carbonyl (C=O) groups excluding carboxylic acids is 3. The summed E-state index contributed by atoms with van der Waals surface area (Å²) in [6, 6.07) is 17.6. The highest BCUT2D eigenvalue weighted by atomic mass is 16.3. The lowest BCUT2D eigenvalue weighted by Gasteiger charge is -2.06. The number of carbonyl (C=O) groups is 3. The van der Waals surface area contributed by atoms with Crippen molar-refractivity contribution >= 4 is 34.5 Å². The van der Waals surface area contributed by atoms with Gasteiger partial charge in [-0.2, -0.15) is 0 Å². The van der Waals surface area contributed by atoms with Gasteiger partial charge >= 0.3 is 0 Å². The van der Waals surface area contributed by atoms with Crippen molar-refractivity contribution in [2.45, 2.75) is 0 Å². The smallest absolute Gasteiger partial charge is 0.257 e. The van der Waals surface area contributed by atoms with E-state index in [0.717, 1.165) is 0 Å². The van der Waals surface area contributed by atoms with Gasteiger partial charge in [0.15, 0.2) is 5.78 Å². The molecule has 0 atom stereocenters. The number of anilines is 2. The number of hydrogen-bond donors (Lipinski definition) is 4. The Morgan fingerprint density at radius 1 is 0.933 bits per heavy atom. The minimum atomic E-state index is -0.562. The average molecular weight is 399 g/mol. The number of amides is 2. The van der Waals surface area contributed by atoms with Gasteiger partial charge in [0.1, 0.15) is 5.75 Å². The molecule has 2 amide bonds. The summed E-state index contributed by atoms with van der Waals surface area (Å²) < 4.78 is 0. The van der Waals surface area contributed by atoms with Crippen LogP contribution in [0.5, 0.6) is 5.75 Å². The molecule has 3 aromatic rings. The first-order chi connectivity index (χ1) is 14.4. The summed E-state index contributed by atoms with van der Waals surface area (Å²) in [6.07, 6.45) is 1.56. The molecule has 30 heavy (non-hydrogen) atoms. The van der Waals surface area contributed by atoms with Crippen molar-refractivity contribution in [3.63, 3.8) is 0 Å². The Morgan fingerprint density at radius 2 is 1.63 bits per heavy atom. The van der Waals surface area contributed by atoms with Gasteiger partial charge in [0.05, 0.1) is 5.57 Å². The molecule has 0 saturated carbocycles. The number of rotatable bonds is 5. The molecule has 5 N–H and O–H groups in total. The first kappa shape index (κ1) is 18.9. The monoisotopic (exact) mass is 399 g/mol. The molecule has 0 radical (unpaired) electrons. The molecule has 7 heteroatoms. The normalized spacial score (nSPS) is 13.6. The van der Waals surface area contributed by atoms with E-state index in [-0.39, 0.29) is 17.4 Å². The van der Waals surface area contributed by atoms with Crippen molar-refractivity contribution in [1.82, 2.24) is 0 Å². The van der Waals surface area contributed by atoms with Gasteiger partial charge < -0.3 is 21.5 Å². The van der Waals surface area contributed by atoms with Crippen LogP contribution in [0.4, 0.5) is 11.4 Å². The fourth-order valence-electron chi connectivity index (χ4n) is 3.18. The highest BCUT2D eigenvalue weighted by Gasteiger charge is 2.25. The van der Waals surface area contributed by atoms with Crippen molar-refractivity contribution in [3.8, 4) is 5.75 Å². The summed E-state index contributed by atoms with van der Waals surface area (Å²) in [6.45, 7) is 0. The van der Waals surface area contributed by atoms with Gasteiger partial charge in [0.25, 0.3) is 5.91 Å². The summed E-state index contributed by atoms with van der Waals surface area (Å²) in [4.78, 5) is 36.3. The van der Waals surface area contributed by atoms with E-state index in [4.69, 9.17) is 5.73 Å². The highest BCUT2D eigenvalue weighted by molar-refractivity contribution is 6.32. The van der Waals surface area contributed by atoms with Crippen LogP contribution in [0.15, 0.2) is 72.9 Å². The van der Waals surface area contributed by atoms with E-state index in [1.54, 1.807) is 54.7 Å². The predicted octanol–water partition coefficient (Wildman–Crippen LogP) is 3.13. The zero-order valence-electron chi connectivity index (χ0n) is 15.7. The Bertz CT molecular complexity index is 1210. The molecular weight excluding hydrogens is 382 g/mol. The fraction of sp³-hybridized carbons (Fsp3) is 0. The van der Waals surface area contributed by atoms with Gasteiger partial charge in [0.2, 0.25) is 5.91 Å². The maximum atomic E-state index is 12.8. The molecule has 0 fully saturated rings. The van der Waals surface area contributed by atoms with Crippen LogP contribution < -0.4 is 16.4 Å². The van der Waals surface area contributed by atoms with Crippen molar-refractivity contribution < 1.29 is 19.5 Å². The Kier molecular flexibility index (Phi) is 4.77. The Balaban J connectivity index is 1.59. The predicted molar refractivity (Wildman–Crippen MR) is 113 cm³/mol. The molecule has 0 spiro atoms. The lowest BCUT2D eigenvalue weighted by Crippen LogP contribution is -2.11. The molecule has 148 valence electrons. The second-order valence-electron chi connectivity index (χ2n) is 6.74. The van der Waals surface area contributed by atoms with Crippen molar-refractivity contribution in [3.05, 3.63) is 95.2 Å². The second-order valence-corrected chi connectivity index (χ2v) is 6.74. The topological polar surface area (TPSA) is 122 Å². The average Bonchev–Trinajstić information content (AvgIpc) is 3.06. The lowest BCUT2D eigenvalue weighted by atomic mass is 9.99. The van der Waals surface area contributed by atoms with Crippen LogP contribution in [0.25, 0.3) is 5.57 Å². The molecule has 7 nitrogen and oxygen atoms in total. The van der Waals surface area contributed by atoms with E-state index in [1.165, 1.54) is 18.2 Å². The number of phenols is 1. The van der Waals surface area contributed by atoms with Crippen LogP contribution in [0.2, 0.25) is 0 Å². The minimum absolute atomic E-state index is 0.113. The summed E-state index contributed by atoms with van der Waals surface area (Å²) >= 11 is 0. The van der Waals surface area contributed by atoms with Crippen LogP contribution in [0.1, 0.15) is 31.8 Å². The zero-order chi connectivity index (χ0) is 21.3. The third-order valence-corrected chi connectivity index (χ3v) is 4.73. The van der Waals surface area contributed by atoms with Gasteiger partial charge in [-0.1, -0.05) is 30.3 Å². The molecule has 1 aliphatic heterocycles. The molecule has 0 aromatic heterocycles. The standard InChI is InChI=1S/C23H17N3O4/c24-22(29)14-6-4-13(5-7-14)21(28)15-8-9-18-19(23(30)26-20(18)10-15)12-25-16-2-1-3-17(27)11-16/h1-12,25,27H,(H2,24,29)(H,26,30). The van der Waals surface area contributed by atoms with E-state index in [0.29, 0.717) is 39.2 Å². The highest BCUT2D eigenvalue weighted by Crippen LogP contribution is 2.33. The Hall–Kier alpha value is -4.39. The number of primary amides is 1. The van der Waals surface area contributed by atoms with Crippen LogP contribution in [-0.4, -0.2) is 22.7 Å². The maximum Gasteiger partial charge on any atom is 0.257 e. The first-order valence-corrected chi connectivity index (χ1v) is 9.08. The van der Waals surface area contributed by atoms with E-state index in [2.05, 4.69) is 10.6 Å². The lowest BCUT2D eigenvalue weighted by molar-refractivity contribution is -0.110. The van der Waals surface area contributed by atoms with Crippen LogP contribution in [-0.2, 0) is 4.79 Å². The minimum Gasteiger partial charge on any atom is -0.508 e. The van der Waals surface area contributed by atoms with Gasteiger partial charge in [-0.3, -0.25) is 14.4 Å². The summed E-state index contributed by atoms with van der Waals surface area (Å²) in [7, 11) is 0. The van der Waals surface area contributed by atoms with Gasteiger partial charge in [-0.15, -0.1) is 0 Å². The molecule has 0 bridgehead atoms. The number of aromatic hydroxyl groups is 1. The number of ketones is 1. The molecule has 1 heterocycles. The number of fused-ring (bicyclic) bond motifs is 1. The van der Waals surface area contributed by atoms with Crippen LogP contribution in [0, 0.1) is 0 Å². The zero-order valence-corrected chi connectivity index (χ0v) is 15.7. The van der Waals surface area contributed by atoms with Gasteiger partial charge in [-0.05, 0) is 30.3 Å².